The second kappa shape index (κ2) is 11.6. The summed E-state index contributed by atoms with van der Waals surface area (Å²) < 4.78 is 13.2. The molecule has 0 unspecified atom stereocenters. The van der Waals surface area contributed by atoms with Crippen molar-refractivity contribution in [2.24, 2.45) is 4.99 Å². The first-order valence-electron chi connectivity index (χ1n) is 11.0. The summed E-state index contributed by atoms with van der Waals surface area (Å²) in [6.07, 6.45) is 1.96. The normalized spacial score (nSPS) is 17.8. The number of piperazine rings is 2. The van der Waals surface area contributed by atoms with E-state index in [4.69, 9.17) is 0 Å². The predicted octanol–water partition coefficient (Wildman–Crippen LogP) is 2.49. The van der Waals surface area contributed by atoms with Crippen molar-refractivity contribution in [3.05, 3.63) is 54.0 Å². The quantitative estimate of drug-likeness (QED) is 0.357. The lowest BCUT2D eigenvalue weighted by atomic mass is 10.2. The largest absolute Gasteiger partial charge is 0.368 e. The van der Waals surface area contributed by atoms with E-state index in [2.05, 4.69) is 54.1 Å². The zero-order valence-electron chi connectivity index (χ0n) is 18.9. The third-order valence-electron chi connectivity index (χ3n) is 6.07. The van der Waals surface area contributed by atoms with Crippen LogP contribution in [0.25, 0.3) is 0 Å². The highest BCUT2D eigenvalue weighted by atomic mass is 127. The Morgan fingerprint density at radius 2 is 1.59 bits per heavy atom. The van der Waals surface area contributed by atoms with Crippen LogP contribution in [0, 0.1) is 5.82 Å². The number of rotatable bonds is 4. The van der Waals surface area contributed by atoms with Gasteiger partial charge in [-0.2, -0.15) is 0 Å². The number of benzene rings is 1. The molecule has 32 heavy (non-hydrogen) atoms. The zero-order chi connectivity index (χ0) is 21.6. The van der Waals surface area contributed by atoms with Crippen molar-refractivity contribution in [1.82, 2.24) is 20.1 Å². The Balaban J connectivity index is 0.00000289. The first kappa shape index (κ1) is 24.5. The molecular weight excluding hydrogens is 520 g/mol. The van der Waals surface area contributed by atoms with Gasteiger partial charge in [-0.15, -0.1) is 24.0 Å². The number of anilines is 2. The molecule has 4 rings (SSSR count). The lowest BCUT2D eigenvalue weighted by Crippen LogP contribution is -2.52. The number of nitrogens with zero attached hydrogens (tertiary/aromatic N) is 6. The van der Waals surface area contributed by atoms with Gasteiger partial charge in [0.05, 0.1) is 0 Å². The molecule has 0 saturated carbocycles. The van der Waals surface area contributed by atoms with E-state index in [0.717, 1.165) is 75.4 Å². The molecule has 1 N–H and O–H groups in total. The molecule has 7 nitrogen and oxygen atoms in total. The van der Waals surface area contributed by atoms with Gasteiger partial charge in [0.1, 0.15) is 11.6 Å². The van der Waals surface area contributed by atoms with Gasteiger partial charge in [-0.1, -0.05) is 6.07 Å². The highest BCUT2D eigenvalue weighted by molar-refractivity contribution is 14.0. The zero-order valence-corrected chi connectivity index (χ0v) is 21.2. The molecule has 0 radical (unpaired) electrons. The fraction of sp³-hybridized carbons (Fsp3) is 0.478. The summed E-state index contributed by atoms with van der Waals surface area (Å²) in [6.45, 7) is 8.41. The van der Waals surface area contributed by atoms with Crippen LogP contribution >= 0.6 is 24.0 Å². The molecule has 2 saturated heterocycles. The fourth-order valence-electron chi connectivity index (χ4n) is 4.09. The molecule has 2 aromatic rings. The number of hydrogen-bond acceptors (Lipinski definition) is 5. The molecule has 1 aromatic heterocycles. The Kier molecular flexibility index (Phi) is 8.92. The minimum absolute atomic E-state index is 0. The van der Waals surface area contributed by atoms with Gasteiger partial charge in [0.25, 0.3) is 0 Å². The molecule has 2 aliphatic rings. The van der Waals surface area contributed by atoms with Gasteiger partial charge in [0.15, 0.2) is 5.96 Å². The van der Waals surface area contributed by atoms with E-state index in [-0.39, 0.29) is 29.8 Å². The SMILES string of the molecule is CN=C(NCc1ccc(N2CCN(C)CC2)nc1)N1CCN(c2ccc(F)cc2)CC1.I. The smallest absolute Gasteiger partial charge is 0.194 e. The molecule has 0 amide bonds. The molecule has 2 fully saturated rings. The first-order chi connectivity index (χ1) is 15.1. The van der Waals surface area contributed by atoms with Gasteiger partial charge in [-0.05, 0) is 42.9 Å². The molecule has 0 atom stereocenters. The molecule has 0 spiro atoms. The van der Waals surface area contributed by atoms with Crippen LogP contribution in [-0.4, -0.2) is 87.2 Å². The van der Waals surface area contributed by atoms with Gasteiger partial charge in [-0.25, -0.2) is 9.37 Å². The fourth-order valence-corrected chi connectivity index (χ4v) is 4.09. The maximum atomic E-state index is 13.2. The van der Waals surface area contributed by atoms with Crippen molar-refractivity contribution in [1.29, 1.82) is 0 Å². The first-order valence-corrected chi connectivity index (χ1v) is 11.0. The van der Waals surface area contributed by atoms with E-state index < -0.39 is 0 Å². The maximum absolute atomic E-state index is 13.2. The summed E-state index contributed by atoms with van der Waals surface area (Å²) in [7, 11) is 3.98. The van der Waals surface area contributed by atoms with E-state index in [9.17, 15) is 4.39 Å². The number of guanidine groups is 1. The van der Waals surface area contributed by atoms with Gasteiger partial charge >= 0.3 is 0 Å². The van der Waals surface area contributed by atoms with Crippen LogP contribution in [0.15, 0.2) is 47.6 Å². The number of pyridine rings is 1. The van der Waals surface area contributed by atoms with Gasteiger partial charge in [-0.3, -0.25) is 4.99 Å². The van der Waals surface area contributed by atoms with Crippen LogP contribution in [-0.2, 0) is 6.54 Å². The van der Waals surface area contributed by atoms with Crippen molar-refractivity contribution in [2.75, 3.05) is 76.3 Å². The minimum Gasteiger partial charge on any atom is -0.368 e. The van der Waals surface area contributed by atoms with Crippen molar-refractivity contribution in [3.8, 4) is 0 Å². The molecule has 2 aliphatic heterocycles. The van der Waals surface area contributed by atoms with Crippen LogP contribution in [0.4, 0.5) is 15.9 Å². The van der Waals surface area contributed by atoms with Crippen molar-refractivity contribution in [3.63, 3.8) is 0 Å². The number of halogens is 2. The molecule has 0 aliphatic carbocycles. The summed E-state index contributed by atoms with van der Waals surface area (Å²) in [4.78, 5) is 18.4. The van der Waals surface area contributed by atoms with Crippen LogP contribution < -0.4 is 15.1 Å². The maximum Gasteiger partial charge on any atom is 0.194 e. The van der Waals surface area contributed by atoms with E-state index in [1.54, 1.807) is 0 Å². The third-order valence-corrected chi connectivity index (χ3v) is 6.07. The summed E-state index contributed by atoms with van der Waals surface area (Å²) in [5.74, 6) is 1.76. The molecule has 9 heteroatoms. The van der Waals surface area contributed by atoms with E-state index >= 15 is 0 Å². The average Bonchev–Trinajstić information content (AvgIpc) is 2.81. The Hall–Kier alpha value is -2.14. The number of aromatic nitrogens is 1. The second-order valence-electron chi connectivity index (χ2n) is 8.17. The van der Waals surface area contributed by atoms with Crippen LogP contribution in [0.5, 0.6) is 0 Å². The third kappa shape index (κ3) is 6.22. The second-order valence-corrected chi connectivity index (χ2v) is 8.17. The van der Waals surface area contributed by atoms with E-state index in [1.807, 2.05) is 25.4 Å². The average molecular weight is 553 g/mol. The Bertz CT molecular complexity index is 859. The topological polar surface area (TPSA) is 50.2 Å². The van der Waals surface area contributed by atoms with Gasteiger partial charge < -0.3 is 24.9 Å². The Labute approximate surface area is 207 Å². The molecule has 1 aromatic carbocycles. The molecular formula is C23H33FIN7. The lowest BCUT2D eigenvalue weighted by molar-refractivity contribution is 0.312. The van der Waals surface area contributed by atoms with Crippen molar-refractivity contribution >= 4 is 41.4 Å². The number of likely N-dealkylation sites (N-methyl/N-ethyl adjacent to an activating group) is 1. The standard InChI is InChI=1S/C23H32FN7.HI/c1-25-23(31-15-13-29(14-16-31)21-6-4-20(24)5-7-21)27-18-19-3-8-22(26-17-19)30-11-9-28(2)10-12-30;/h3-8,17H,9-16,18H2,1-2H3,(H,25,27);1H. The van der Waals surface area contributed by atoms with Crippen LogP contribution in [0.2, 0.25) is 0 Å². The summed E-state index contributed by atoms with van der Waals surface area (Å²) in [6, 6.07) is 11.0. The predicted molar refractivity (Wildman–Crippen MR) is 140 cm³/mol. The van der Waals surface area contributed by atoms with Gasteiger partial charge in [0.2, 0.25) is 0 Å². The Morgan fingerprint density at radius 3 is 2.19 bits per heavy atom. The Morgan fingerprint density at radius 1 is 0.938 bits per heavy atom. The number of aliphatic imine (C=N–C) groups is 1. The minimum atomic E-state index is -0.196. The van der Waals surface area contributed by atoms with Crippen LogP contribution in [0.1, 0.15) is 5.56 Å². The molecule has 3 heterocycles. The molecule has 174 valence electrons. The lowest BCUT2D eigenvalue weighted by Gasteiger charge is -2.37. The monoisotopic (exact) mass is 553 g/mol. The highest BCUT2D eigenvalue weighted by Crippen LogP contribution is 2.17. The highest BCUT2D eigenvalue weighted by Gasteiger charge is 2.20. The van der Waals surface area contributed by atoms with Crippen molar-refractivity contribution in [2.45, 2.75) is 6.54 Å². The summed E-state index contributed by atoms with van der Waals surface area (Å²) >= 11 is 0. The molecule has 0 bridgehead atoms. The van der Waals surface area contributed by atoms with E-state index in [1.165, 1.54) is 12.1 Å². The van der Waals surface area contributed by atoms with Gasteiger partial charge in [0, 0.05) is 77.8 Å². The van der Waals surface area contributed by atoms with Crippen LogP contribution in [0.3, 0.4) is 0 Å². The van der Waals surface area contributed by atoms with E-state index in [0.29, 0.717) is 6.54 Å². The van der Waals surface area contributed by atoms with Crippen molar-refractivity contribution < 1.29 is 4.39 Å². The summed E-state index contributed by atoms with van der Waals surface area (Å²) in [5, 5.41) is 3.47. The number of hydrogen-bond donors (Lipinski definition) is 1. The number of nitrogens with one attached hydrogen (secondary N) is 1. The summed E-state index contributed by atoms with van der Waals surface area (Å²) in [5.41, 5.74) is 2.21.